The summed E-state index contributed by atoms with van der Waals surface area (Å²) in [6.07, 6.45) is 9.17. The first kappa shape index (κ1) is 25.3. The van der Waals surface area contributed by atoms with Gasteiger partial charge in [-0.1, -0.05) is 33.1 Å². The molecular formula is C26H37FN6O2. The summed E-state index contributed by atoms with van der Waals surface area (Å²) in [4.78, 5) is 29.7. The quantitative estimate of drug-likeness (QED) is 0.638. The van der Waals surface area contributed by atoms with Crippen LogP contribution < -0.4 is 5.32 Å². The van der Waals surface area contributed by atoms with Crippen molar-refractivity contribution in [1.29, 1.82) is 0 Å². The Bertz CT molecular complexity index is 1010. The zero-order chi connectivity index (χ0) is 25.0. The van der Waals surface area contributed by atoms with Gasteiger partial charge in [0.25, 0.3) is 0 Å². The van der Waals surface area contributed by atoms with Gasteiger partial charge in [0, 0.05) is 17.6 Å². The van der Waals surface area contributed by atoms with Crippen molar-refractivity contribution in [3.05, 3.63) is 30.1 Å². The lowest BCUT2D eigenvalue weighted by Gasteiger charge is -2.39. The third-order valence-electron chi connectivity index (χ3n) is 7.57. The van der Waals surface area contributed by atoms with Crippen LogP contribution >= 0.6 is 0 Å². The van der Waals surface area contributed by atoms with E-state index < -0.39 is 6.04 Å². The van der Waals surface area contributed by atoms with E-state index >= 15 is 0 Å². The van der Waals surface area contributed by atoms with Crippen LogP contribution in [0.1, 0.15) is 78.6 Å². The number of rotatable bonds is 7. The van der Waals surface area contributed by atoms with Gasteiger partial charge in [-0.25, -0.2) is 4.39 Å². The van der Waals surface area contributed by atoms with Crippen LogP contribution in [0.4, 0.5) is 4.39 Å². The second-order valence-corrected chi connectivity index (χ2v) is 10.9. The van der Waals surface area contributed by atoms with Gasteiger partial charge in [-0.15, -0.1) is 10.2 Å². The van der Waals surface area contributed by atoms with Crippen LogP contribution in [0, 0.1) is 11.2 Å². The minimum absolute atomic E-state index is 0.0300. The third-order valence-corrected chi connectivity index (χ3v) is 7.57. The zero-order valence-corrected chi connectivity index (χ0v) is 21.0. The fourth-order valence-corrected chi connectivity index (χ4v) is 5.31. The Kier molecular flexibility index (Phi) is 7.82. The number of benzene rings is 1. The molecule has 8 nitrogen and oxygen atoms in total. The van der Waals surface area contributed by atoms with E-state index in [9.17, 15) is 14.0 Å². The number of hydrogen-bond acceptors (Lipinski definition) is 5. The summed E-state index contributed by atoms with van der Waals surface area (Å²) in [6.45, 7) is 6.28. The molecule has 2 aliphatic carbocycles. The topological polar surface area (TPSA) is 93.0 Å². The van der Waals surface area contributed by atoms with Crippen molar-refractivity contribution in [1.82, 2.24) is 30.4 Å². The van der Waals surface area contributed by atoms with E-state index in [1.165, 1.54) is 16.9 Å². The maximum absolute atomic E-state index is 13.5. The van der Waals surface area contributed by atoms with E-state index in [1.54, 1.807) is 17.0 Å². The Hall–Kier alpha value is -2.84. The molecule has 0 saturated heterocycles. The smallest absolute Gasteiger partial charge is 0.247 e. The molecule has 2 saturated carbocycles. The highest BCUT2D eigenvalue weighted by atomic mass is 19.1. The number of carbonyl (C=O) groups is 2. The fourth-order valence-electron chi connectivity index (χ4n) is 5.31. The lowest BCUT2D eigenvalue weighted by molar-refractivity contribution is -0.144. The number of tetrazole rings is 1. The van der Waals surface area contributed by atoms with Crippen molar-refractivity contribution in [2.75, 3.05) is 0 Å². The molecule has 9 heteroatoms. The normalized spacial score (nSPS) is 19.8. The zero-order valence-electron chi connectivity index (χ0n) is 21.0. The Labute approximate surface area is 206 Å². The van der Waals surface area contributed by atoms with Crippen molar-refractivity contribution in [3.8, 4) is 11.4 Å². The van der Waals surface area contributed by atoms with E-state index in [0.29, 0.717) is 16.8 Å². The Morgan fingerprint density at radius 3 is 2.43 bits per heavy atom. The van der Waals surface area contributed by atoms with Gasteiger partial charge in [-0.2, -0.15) is 4.80 Å². The van der Waals surface area contributed by atoms with E-state index in [1.807, 2.05) is 6.92 Å². The van der Waals surface area contributed by atoms with Crippen molar-refractivity contribution in [2.45, 2.75) is 103 Å². The van der Waals surface area contributed by atoms with Gasteiger partial charge < -0.3 is 10.2 Å². The number of nitrogens with zero attached hydrogens (tertiary/aromatic N) is 5. The van der Waals surface area contributed by atoms with Gasteiger partial charge in [-0.05, 0) is 80.3 Å². The summed E-state index contributed by atoms with van der Waals surface area (Å²) < 4.78 is 13.2. The highest BCUT2D eigenvalue weighted by Gasteiger charge is 2.35. The van der Waals surface area contributed by atoms with Crippen LogP contribution in [0.5, 0.6) is 0 Å². The number of nitrogens with one attached hydrogen (secondary N) is 1. The van der Waals surface area contributed by atoms with Crippen LogP contribution in [0.15, 0.2) is 24.3 Å². The predicted octanol–water partition coefficient (Wildman–Crippen LogP) is 4.11. The lowest BCUT2D eigenvalue weighted by atomic mass is 9.75. The molecule has 1 aromatic heterocycles. The van der Waals surface area contributed by atoms with E-state index in [2.05, 4.69) is 34.6 Å². The molecule has 0 radical (unpaired) electrons. The minimum atomic E-state index is -0.569. The van der Waals surface area contributed by atoms with Gasteiger partial charge in [0.05, 0.1) is 0 Å². The van der Waals surface area contributed by atoms with Crippen LogP contribution in [-0.2, 0) is 16.1 Å². The molecule has 4 rings (SSSR count). The fraction of sp³-hybridized carbons (Fsp3) is 0.654. The number of amides is 2. The van der Waals surface area contributed by atoms with Crippen molar-refractivity contribution in [3.63, 3.8) is 0 Å². The summed E-state index contributed by atoms with van der Waals surface area (Å²) in [5.74, 6) is -0.295. The van der Waals surface area contributed by atoms with Gasteiger partial charge in [0.15, 0.2) is 0 Å². The molecule has 2 aliphatic rings. The molecule has 0 bridgehead atoms. The summed E-state index contributed by atoms with van der Waals surface area (Å²) >= 11 is 0. The predicted molar refractivity (Wildman–Crippen MR) is 131 cm³/mol. The maximum atomic E-state index is 13.5. The highest BCUT2D eigenvalue weighted by molar-refractivity contribution is 5.87. The summed E-state index contributed by atoms with van der Waals surface area (Å²) in [7, 11) is 0. The van der Waals surface area contributed by atoms with E-state index in [0.717, 1.165) is 57.8 Å². The number of carbonyl (C=O) groups excluding carboxylic acids is 2. The Balaban J connectivity index is 1.44. The molecule has 1 atom stereocenters. The molecule has 1 aromatic carbocycles. The molecule has 1 N–H and O–H groups in total. The summed E-state index contributed by atoms with van der Waals surface area (Å²) in [5, 5.41) is 15.6. The van der Waals surface area contributed by atoms with E-state index in [4.69, 9.17) is 0 Å². The van der Waals surface area contributed by atoms with Crippen LogP contribution in [0.3, 0.4) is 0 Å². The standard InChI is InChI=1S/C26H37FN6O2/c1-18(25(35)28-21-13-15-26(2,3)16-14-21)33(22-7-5-4-6-8-22)23(34)17-32-30-24(29-31-32)19-9-11-20(27)12-10-19/h9-12,18,21-22H,4-8,13-17H2,1-3H3,(H,28,35). The molecule has 35 heavy (non-hydrogen) atoms. The molecule has 190 valence electrons. The Morgan fingerprint density at radius 2 is 1.77 bits per heavy atom. The lowest BCUT2D eigenvalue weighted by Crippen LogP contribution is -2.55. The Morgan fingerprint density at radius 1 is 1.11 bits per heavy atom. The van der Waals surface area contributed by atoms with Gasteiger partial charge in [0.1, 0.15) is 18.4 Å². The van der Waals surface area contributed by atoms with E-state index in [-0.39, 0.29) is 36.3 Å². The molecule has 1 unspecified atom stereocenters. The maximum Gasteiger partial charge on any atom is 0.247 e. The van der Waals surface area contributed by atoms with Gasteiger partial charge in [-0.3, -0.25) is 9.59 Å². The third kappa shape index (κ3) is 6.44. The van der Waals surface area contributed by atoms with Gasteiger partial charge >= 0.3 is 0 Å². The SMILES string of the molecule is CC(C(=O)NC1CCC(C)(C)CC1)N(C(=O)Cn1nnc(-c2ccc(F)cc2)n1)C1CCCCC1. The molecule has 2 fully saturated rings. The summed E-state index contributed by atoms with van der Waals surface area (Å²) in [6, 6.07) is 5.44. The molecule has 1 heterocycles. The van der Waals surface area contributed by atoms with Crippen LogP contribution in [-0.4, -0.2) is 55.0 Å². The molecule has 0 aliphatic heterocycles. The number of hydrogen-bond donors (Lipinski definition) is 1. The van der Waals surface area contributed by atoms with Gasteiger partial charge in [0.2, 0.25) is 17.6 Å². The first-order chi connectivity index (χ1) is 16.7. The average molecular weight is 485 g/mol. The van der Waals surface area contributed by atoms with Crippen LogP contribution in [0.2, 0.25) is 0 Å². The van der Waals surface area contributed by atoms with Crippen molar-refractivity contribution >= 4 is 11.8 Å². The number of halogens is 1. The van der Waals surface area contributed by atoms with Crippen LogP contribution in [0.25, 0.3) is 11.4 Å². The second kappa shape index (κ2) is 10.8. The monoisotopic (exact) mass is 484 g/mol. The average Bonchev–Trinajstić information content (AvgIpc) is 3.30. The first-order valence-electron chi connectivity index (χ1n) is 12.9. The number of aromatic nitrogens is 4. The molecule has 2 aromatic rings. The van der Waals surface area contributed by atoms with Crippen molar-refractivity contribution in [2.24, 2.45) is 5.41 Å². The second-order valence-electron chi connectivity index (χ2n) is 10.9. The van der Waals surface area contributed by atoms with Crippen molar-refractivity contribution < 1.29 is 14.0 Å². The molecular weight excluding hydrogens is 447 g/mol. The highest BCUT2D eigenvalue weighted by Crippen LogP contribution is 2.35. The largest absolute Gasteiger partial charge is 0.352 e. The molecule has 2 amide bonds. The minimum Gasteiger partial charge on any atom is -0.352 e. The molecule has 0 spiro atoms. The summed E-state index contributed by atoms with van der Waals surface area (Å²) in [5.41, 5.74) is 0.951. The first-order valence-corrected chi connectivity index (χ1v) is 12.9.